The molecule has 1 aromatic carbocycles. The zero-order chi connectivity index (χ0) is 12.7. The van der Waals surface area contributed by atoms with Crippen molar-refractivity contribution >= 4 is 5.97 Å². The summed E-state index contributed by atoms with van der Waals surface area (Å²) in [5.41, 5.74) is 9.23. The molecule has 1 aromatic rings. The molecule has 0 saturated carbocycles. The van der Waals surface area contributed by atoms with Crippen molar-refractivity contribution < 1.29 is 14.6 Å². The van der Waals surface area contributed by atoms with Gasteiger partial charge in [0.2, 0.25) is 0 Å². The van der Waals surface area contributed by atoms with Crippen LogP contribution in [-0.2, 0) is 4.79 Å². The third-order valence-electron chi connectivity index (χ3n) is 2.32. The van der Waals surface area contributed by atoms with Crippen LogP contribution >= 0.6 is 0 Å². The fourth-order valence-corrected chi connectivity index (χ4v) is 1.44. The van der Waals surface area contributed by atoms with E-state index in [2.05, 4.69) is 10.0 Å². The number of azide groups is 1. The topological polar surface area (TPSA) is 95.3 Å². The molecule has 1 unspecified atom stereocenters. The largest absolute Gasteiger partial charge is 0.497 e. The van der Waals surface area contributed by atoms with Gasteiger partial charge in [0.1, 0.15) is 5.75 Å². The average molecular weight is 235 g/mol. The molecular formula is C11H13N3O3. The van der Waals surface area contributed by atoms with Gasteiger partial charge in [0.05, 0.1) is 13.2 Å². The minimum atomic E-state index is -0.906. The van der Waals surface area contributed by atoms with Gasteiger partial charge in [-0.3, -0.25) is 4.79 Å². The lowest BCUT2D eigenvalue weighted by atomic mass is 10.0. The van der Waals surface area contributed by atoms with E-state index in [1.807, 2.05) is 0 Å². The maximum absolute atomic E-state index is 10.5. The smallest absolute Gasteiger partial charge is 0.303 e. The Hall–Kier alpha value is -2.20. The summed E-state index contributed by atoms with van der Waals surface area (Å²) in [5, 5.41) is 12.2. The molecule has 17 heavy (non-hydrogen) atoms. The highest BCUT2D eigenvalue weighted by Gasteiger charge is 2.11. The Labute approximate surface area is 98.5 Å². The van der Waals surface area contributed by atoms with Crippen LogP contribution < -0.4 is 4.74 Å². The average Bonchev–Trinajstić information content (AvgIpc) is 2.34. The number of aliphatic carboxylic acids is 1. The molecule has 0 aliphatic rings. The third-order valence-corrected chi connectivity index (χ3v) is 2.32. The van der Waals surface area contributed by atoms with Crippen LogP contribution in [0, 0.1) is 0 Å². The van der Waals surface area contributed by atoms with Gasteiger partial charge in [-0.2, -0.15) is 0 Å². The van der Waals surface area contributed by atoms with Crippen molar-refractivity contribution in [2.24, 2.45) is 5.11 Å². The highest BCUT2D eigenvalue weighted by molar-refractivity contribution is 5.66. The van der Waals surface area contributed by atoms with Crippen LogP contribution in [0.25, 0.3) is 10.4 Å². The summed E-state index contributed by atoms with van der Waals surface area (Å²) in [6.07, 6.45) is 0.251. The lowest BCUT2D eigenvalue weighted by molar-refractivity contribution is -0.137. The van der Waals surface area contributed by atoms with Crippen LogP contribution in [0.2, 0.25) is 0 Å². The van der Waals surface area contributed by atoms with Gasteiger partial charge in [0, 0.05) is 11.3 Å². The van der Waals surface area contributed by atoms with Crippen LogP contribution in [0.1, 0.15) is 24.4 Å². The van der Waals surface area contributed by atoms with Crippen LogP contribution in [0.15, 0.2) is 29.4 Å². The molecular weight excluding hydrogens is 222 g/mol. The maximum Gasteiger partial charge on any atom is 0.303 e. The van der Waals surface area contributed by atoms with Crippen molar-refractivity contribution in [1.29, 1.82) is 0 Å². The van der Waals surface area contributed by atoms with Crippen molar-refractivity contribution in [2.45, 2.75) is 18.9 Å². The minimum absolute atomic E-state index is 0.0320. The van der Waals surface area contributed by atoms with Gasteiger partial charge in [-0.1, -0.05) is 17.2 Å². The molecule has 0 saturated heterocycles. The van der Waals surface area contributed by atoms with E-state index in [-0.39, 0.29) is 12.8 Å². The second-order valence-electron chi connectivity index (χ2n) is 3.43. The molecule has 1 atom stereocenters. The van der Waals surface area contributed by atoms with E-state index in [1.54, 1.807) is 31.4 Å². The Balaban J connectivity index is 2.81. The van der Waals surface area contributed by atoms with Crippen molar-refractivity contribution in [3.8, 4) is 5.75 Å². The van der Waals surface area contributed by atoms with Gasteiger partial charge >= 0.3 is 5.97 Å². The van der Waals surface area contributed by atoms with E-state index < -0.39 is 12.0 Å². The molecule has 0 spiro atoms. The first-order valence-corrected chi connectivity index (χ1v) is 5.07. The zero-order valence-electron chi connectivity index (χ0n) is 9.41. The lowest BCUT2D eigenvalue weighted by Crippen LogP contribution is -2.00. The van der Waals surface area contributed by atoms with Crippen molar-refractivity contribution in [1.82, 2.24) is 0 Å². The highest BCUT2D eigenvalue weighted by Crippen LogP contribution is 2.25. The van der Waals surface area contributed by atoms with E-state index in [9.17, 15) is 4.79 Å². The summed E-state index contributed by atoms with van der Waals surface area (Å²) >= 11 is 0. The first kappa shape index (κ1) is 12.9. The van der Waals surface area contributed by atoms with E-state index in [4.69, 9.17) is 15.4 Å². The summed E-state index contributed by atoms with van der Waals surface area (Å²) in [4.78, 5) is 13.2. The predicted octanol–water partition coefficient (Wildman–Crippen LogP) is 2.91. The molecule has 0 heterocycles. The molecule has 0 aliphatic heterocycles. The number of ether oxygens (including phenoxy) is 1. The van der Waals surface area contributed by atoms with Crippen LogP contribution in [0.3, 0.4) is 0 Å². The first-order valence-electron chi connectivity index (χ1n) is 5.07. The van der Waals surface area contributed by atoms with Crippen LogP contribution in [0.5, 0.6) is 5.75 Å². The highest BCUT2D eigenvalue weighted by atomic mass is 16.5. The van der Waals surface area contributed by atoms with Gasteiger partial charge in [-0.25, -0.2) is 0 Å². The molecule has 1 N–H and O–H groups in total. The molecule has 0 fully saturated rings. The molecule has 6 heteroatoms. The normalized spacial score (nSPS) is 11.4. The fraction of sp³-hybridized carbons (Fsp3) is 0.364. The standard InChI is InChI=1S/C11H13N3O3/c1-17-9-4-2-8(3-5-9)10(13-14-12)6-7-11(15)16/h2-5,10H,6-7H2,1H3,(H,15,16). The quantitative estimate of drug-likeness (QED) is 0.466. The number of methoxy groups -OCH3 is 1. The van der Waals surface area contributed by atoms with Gasteiger partial charge in [-0.05, 0) is 29.6 Å². The van der Waals surface area contributed by atoms with Crippen LogP contribution in [-0.4, -0.2) is 18.2 Å². The maximum atomic E-state index is 10.5. The summed E-state index contributed by atoms with van der Waals surface area (Å²) in [7, 11) is 1.56. The van der Waals surface area contributed by atoms with Gasteiger partial charge in [-0.15, -0.1) is 0 Å². The van der Waals surface area contributed by atoms with E-state index in [1.165, 1.54) is 0 Å². The number of carbonyl (C=O) groups is 1. The Kier molecular flexibility index (Phi) is 4.84. The summed E-state index contributed by atoms with van der Waals surface area (Å²) < 4.78 is 5.01. The SMILES string of the molecule is COc1ccc(C(CCC(=O)O)N=[N+]=[N-])cc1. The van der Waals surface area contributed by atoms with E-state index >= 15 is 0 Å². The van der Waals surface area contributed by atoms with Gasteiger partial charge in [0.15, 0.2) is 0 Å². The van der Waals surface area contributed by atoms with Crippen molar-refractivity contribution in [3.05, 3.63) is 40.3 Å². The number of rotatable bonds is 6. The summed E-state index contributed by atoms with van der Waals surface area (Å²) in [6.45, 7) is 0. The Bertz CT molecular complexity index is 424. The lowest BCUT2D eigenvalue weighted by Gasteiger charge is -2.10. The number of hydrogen-bond acceptors (Lipinski definition) is 3. The van der Waals surface area contributed by atoms with Crippen LogP contribution in [0.4, 0.5) is 0 Å². The molecule has 0 bridgehead atoms. The summed E-state index contributed by atoms with van der Waals surface area (Å²) in [5.74, 6) is -0.205. The molecule has 0 amide bonds. The third kappa shape index (κ3) is 4.04. The molecule has 6 nitrogen and oxygen atoms in total. The number of benzene rings is 1. The van der Waals surface area contributed by atoms with Gasteiger partial charge in [0.25, 0.3) is 0 Å². The van der Waals surface area contributed by atoms with E-state index in [0.29, 0.717) is 5.75 Å². The van der Waals surface area contributed by atoms with E-state index in [0.717, 1.165) is 5.56 Å². The number of carboxylic acids is 1. The Morgan fingerprint density at radius 2 is 2.18 bits per heavy atom. The second kappa shape index (κ2) is 6.40. The molecule has 1 rings (SSSR count). The van der Waals surface area contributed by atoms with Crippen molar-refractivity contribution in [2.75, 3.05) is 7.11 Å². The number of hydrogen-bond donors (Lipinski definition) is 1. The van der Waals surface area contributed by atoms with Crippen molar-refractivity contribution in [3.63, 3.8) is 0 Å². The predicted molar refractivity (Wildman–Crippen MR) is 61.8 cm³/mol. The number of nitrogens with zero attached hydrogens (tertiary/aromatic N) is 3. The first-order chi connectivity index (χ1) is 8.17. The fourth-order valence-electron chi connectivity index (χ4n) is 1.44. The van der Waals surface area contributed by atoms with Gasteiger partial charge < -0.3 is 9.84 Å². The molecule has 0 aromatic heterocycles. The Morgan fingerprint density at radius 3 is 2.65 bits per heavy atom. The monoisotopic (exact) mass is 235 g/mol. The number of carboxylic acid groups (broad SMARTS) is 1. The molecule has 0 radical (unpaired) electrons. The Morgan fingerprint density at radius 1 is 1.53 bits per heavy atom. The zero-order valence-corrected chi connectivity index (χ0v) is 9.41. The second-order valence-corrected chi connectivity index (χ2v) is 3.43. The minimum Gasteiger partial charge on any atom is -0.497 e. The summed E-state index contributed by atoms with van der Waals surface area (Å²) in [6, 6.07) is 6.56. The molecule has 90 valence electrons. The molecule has 0 aliphatic carbocycles.